The predicted octanol–water partition coefficient (Wildman–Crippen LogP) is 3.84. The van der Waals surface area contributed by atoms with Gasteiger partial charge in [-0.3, -0.25) is 4.68 Å². The van der Waals surface area contributed by atoms with Crippen LogP contribution in [0.15, 0.2) is 27.1 Å². The molecule has 2 rings (SSSR count). The van der Waals surface area contributed by atoms with E-state index in [2.05, 4.69) is 37.0 Å². The van der Waals surface area contributed by atoms with E-state index in [1.54, 1.807) is 0 Å². The monoisotopic (exact) mass is 386 g/mol. The van der Waals surface area contributed by atoms with Gasteiger partial charge in [-0.05, 0) is 53.0 Å². The van der Waals surface area contributed by atoms with Gasteiger partial charge in [-0.2, -0.15) is 5.10 Å². The maximum atomic E-state index is 10.5. The van der Waals surface area contributed by atoms with Gasteiger partial charge >= 0.3 is 0 Å². The summed E-state index contributed by atoms with van der Waals surface area (Å²) < 4.78 is 3.77. The Bertz CT molecular complexity index is 608. The lowest BCUT2D eigenvalue weighted by Crippen LogP contribution is -2.08. The summed E-state index contributed by atoms with van der Waals surface area (Å²) >= 11 is 6.98. The molecule has 0 radical (unpaired) electrons. The van der Waals surface area contributed by atoms with E-state index in [0.717, 1.165) is 31.5 Å². The van der Waals surface area contributed by atoms with Crippen LogP contribution in [0.1, 0.15) is 28.6 Å². The second-order valence-electron chi connectivity index (χ2n) is 4.69. The topological polar surface area (TPSA) is 38.1 Å². The molecule has 5 heteroatoms. The van der Waals surface area contributed by atoms with Crippen molar-refractivity contribution in [3.05, 3.63) is 49.7 Å². The SMILES string of the molecule is Cc1ccc(Br)cc1C(O)Cc1c(Br)c(C)nn1C. The third-order valence-corrected chi connectivity index (χ3v) is 4.77. The van der Waals surface area contributed by atoms with Gasteiger partial charge in [-0.1, -0.05) is 22.0 Å². The number of aryl methyl sites for hydroxylation is 3. The Balaban J connectivity index is 2.30. The summed E-state index contributed by atoms with van der Waals surface area (Å²) in [6.45, 7) is 3.96. The van der Waals surface area contributed by atoms with E-state index >= 15 is 0 Å². The van der Waals surface area contributed by atoms with Crippen molar-refractivity contribution in [3.8, 4) is 0 Å². The van der Waals surface area contributed by atoms with Crippen LogP contribution in [0, 0.1) is 13.8 Å². The molecular formula is C14H16Br2N2O. The zero-order valence-corrected chi connectivity index (χ0v) is 14.3. The second-order valence-corrected chi connectivity index (χ2v) is 6.40. The van der Waals surface area contributed by atoms with Gasteiger partial charge in [0.1, 0.15) is 0 Å². The van der Waals surface area contributed by atoms with Gasteiger partial charge in [0.15, 0.2) is 0 Å². The molecule has 1 atom stereocenters. The normalized spacial score (nSPS) is 12.7. The highest BCUT2D eigenvalue weighted by Crippen LogP contribution is 2.28. The van der Waals surface area contributed by atoms with Crippen LogP contribution in [0.3, 0.4) is 0 Å². The summed E-state index contributed by atoms with van der Waals surface area (Å²) in [6.07, 6.45) is -0.00141. The predicted molar refractivity (Wildman–Crippen MR) is 83.2 cm³/mol. The Hall–Kier alpha value is -0.650. The quantitative estimate of drug-likeness (QED) is 0.868. The molecule has 0 spiro atoms. The minimum absolute atomic E-state index is 0.537. The Morgan fingerprint density at radius 1 is 1.32 bits per heavy atom. The molecule has 19 heavy (non-hydrogen) atoms. The van der Waals surface area contributed by atoms with Crippen molar-refractivity contribution in [1.29, 1.82) is 0 Å². The molecule has 0 fully saturated rings. The molecule has 1 N–H and O–H groups in total. The van der Waals surface area contributed by atoms with Crippen molar-refractivity contribution >= 4 is 31.9 Å². The Morgan fingerprint density at radius 3 is 2.58 bits per heavy atom. The fraction of sp³-hybridized carbons (Fsp3) is 0.357. The van der Waals surface area contributed by atoms with Crippen LogP contribution in [0.25, 0.3) is 0 Å². The molecule has 0 aliphatic carbocycles. The van der Waals surface area contributed by atoms with Crippen LogP contribution in [0.2, 0.25) is 0 Å². The third kappa shape index (κ3) is 3.09. The largest absolute Gasteiger partial charge is 0.388 e. The van der Waals surface area contributed by atoms with Crippen molar-refractivity contribution in [2.24, 2.45) is 7.05 Å². The van der Waals surface area contributed by atoms with Gasteiger partial charge in [-0.15, -0.1) is 0 Å². The Kier molecular flexibility index (Phi) is 4.48. The maximum Gasteiger partial charge on any atom is 0.0848 e. The number of aliphatic hydroxyl groups is 1. The van der Waals surface area contributed by atoms with E-state index in [-0.39, 0.29) is 0 Å². The van der Waals surface area contributed by atoms with E-state index in [1.165, 1.54) is 0 Å². The lowest BCUT2D eigenvalue weighted by Gasteiger charge is -2.14. The van der Waals surface area contributed by atoms with Gasteiger partial charge in [0.05, 0.1) is 22.0 Å². The molecule has 1 aromatic carbocycles. The molecule has 2 aromatic rings. The molecule has 0 bridgehead atoms. The summed E-state index contributed by atoms with van der Waals surface area (Å²) in [7, 11) is 1.90. The van der Waals surface area contributed by atoms with Gasteiger partial charge < -0.3 is 5.11 Å². The summed E-state index contributed by atoms with van der Waals surface area (Å²) in [5.41, 5.74) is 3.98. The van der Waals surface area contributed by atoms with E-state index in [0.29, 0.717) is 6.42 Å². The molecule has 0 aliphatic rings. The first-order valence-corrected chi connectivity index (χ1v) is 7.61. The second kappa shape index (κ2) is 5.77. The molecule has 0 aliphatic heterocycles. The van der Waals surface area contributed by atoms with Crippen LogP contribution in [0.5, 0.6) is 0 Å². The van der Waals surface area contributed by atoms with Crippen LogP contribution in [-0.4, -0.2) is 14.9 Å². The number of halogens is 2. The Labute approximate surface area is 129 Å². The third-order valence-electron chi connectivity index (χ3n) is 3.25. The van der Waals surface area contributed by atoms with Crippen LogP contribution in [-0.2, 0) is 13.5 Å². The standard InChI is InChI=1S/C14H16Br2N2O/c1-8-4-5-10(15)6-11(8)13(19)7-12-14(16)9(2)17-18(12)3/h4-6,13,19H,7H2,1-3H3. The zero-order valence-electron chi connectivity index (χ0n) is 11.1. The number of aromatic nitrogens is 2. The minimum Gasteiger partial charge on any atom is -0.388 e. The van der Waals surface area contributed by atoms with E-state index in [1.807, 2.05) is 43.8 Å². The molecule has 0 amide bonds. The van der Waals surface area contributed by atoms with E-state index in [9.17, 15) is 5.11 Å². The van der Waals surface area contributed by atoms with Crippen LogP contribution < -0.4 is 0 Å². The van der Waals surface area contributed by atoms with Crippen molar-refractivity contribution in [2.75, 3.05) is 0 Å². The fourth-order valence-corrected chi connectivity index (χ4v) is 3.04. The van der Waals surface area contributed by atoms with Crippen LogP contribution in [0.4, 0.5) is 0 Å². The number of rotatable bonds is 3. The highest BCUT2D eigenvalue weighted by molar-refractivity contribution is 9.10. The first kappa shape index (κ1) is 14.8. The number of aliphatic hydroxyl groups excluding tert-OH is 1. The van der Waals surface area contributed by atoms with E-state index in [4.69, 9.17) is 0 Å². The highest BCUT2D eigenvalue weighted by atomic mass is 79.9. The molecule has 102 valence electrons. The molecular weight excluding hydrogens is 372 g/mol. The molecule has 1 aromatic heterocycles. The average molecular weight is 388 g/mol. The van der Waals surface area contributed by atoms with Gasteiger partial charge in [0, 0.05) is 17.9 Å². The number of hydrogen-bond donors (Lipinski definition) is 1. The smallest absolute Gasteiger partial charge is 0.0848 e. The van der Waals surface area contributed by atoms with Crippen molar-refractivity contribution < 1.29 is 5.11 Å². The minimum atomic E-state index is -0.538. The number of nitrogens with zero attached hydrogens (tertiary/aromatic N) is 2. The summed E-state index contributed by atoms with van der Waals surface area (Å²) in [5.74, 6) is 0. The van der Waals surface area contributed by atoms with Gasteiger partial charge in [-0.25, -0.2) is 0 Å². The van der Waals surface area contributed by atoms with Crippen molar-refractivity contribution in [3.63, 3.8) is 0 Å². The summed E-state index contributed by atoms with van der Waals surface area (Å²) in [5, 5.41) is 14.8. The lowest BCUT2D eigenvalue weighted by atomic mass is 10.00. The Morgan fingerprint density at radius 2 is 2.00 bits per heavy atom. The van der Waals surface area contributed by atoms with Crippen LogP contribution >= 0.6 is 31.9 Å². The number of hydrogen-bond acceptors (Lipinski definition) is 2. The summed E-state index contributed by atoms with van der Waals surface area (Å²) in [6, 6.07) is 5.96. The number of benzene rings is 1. The summed E-state index contributed by atoms with van der Waals surface area (Å²) in [4.78, 5) is 0. The fourth-order valence-electron chi connectivity index (χ4n) is 2.17. The molecule has 0 saturated heterocycles. The van der Waals surface area contributed by atoms with E-state index < -0.39 is 6.10 Å². The lowest BCUT2D eigenvalue weighted by molar-refractivity contribution is 0.175. The average Bonchev–Trinajstić information content (AvgIpc) is 2.59. The van der Waals surface area contributed by atoms with Gasteiger partial charge in [0.25, 0.3) is 0 Å². The van der Waals surface area contributed by atoms with Crippen molar-refractivity contribution in [2.45, 2.75) is 26.4 Å². The molecule has 1 unspecified atom stereocenters. The van der Waals surface area contributed by atoms with Gasteiger partial charge in [0.2, 0.25) is 0 Å². The first-order chi connectivity index (χ1) is 8.90. The first-order valence-electron chi connectivity index (χ1n) is 6.02. The molecule has 3 nitrogen and oxygen atoms in total. The zero-order chi connectivity index (χ0) is 14.2. The van der Waals surface area contributed by atoms with Crippen molar-refractivity contribution in [1.82, 2.24) is 9.78 Å². The highest BCUT2D eigenvalue weighted by Gasteiger charge is 2.17. The maximum absolute atomic E-state index is 10.5. The molecule has 0 saturated carbocycles. The molecule has 1 heterocycles.